The highest BCUT2D eigenvalue weighted by molar-refractivity contribution is 5.83. The molecule has 0 fully saturated rings. The summed E-state index contributed by atoms with van der Waals surface area (Å²) in [6.45, 7) is 2.52. The fourth-order valence-electron chi connectivity index (χ4n) is 2.09. The molecule has 0 heterocycles. The molecule has 0 saturated heterocycles. The van der Waals surface area contributed by atoms with Gasteiger partial charge in [-0.1, -0.05) is 30.3 Å². The van der Waals surface area contributed by atoms with Gasteiger partial charge in [-0.05, 0) is 36.8 Å². The average Bonchev–Trinajstić information content (AvgIpc) is 2.59. The molecule has 0 radical (unpaired) electrons. The van der Waals surface area contributed by atoms with Crippen LogP contribution in [0.5, 0.6) is 11.5 Å². The highest BCUT2D eigenvalue weighted by Gasteiger charge is 2.08. The van der Waals surface area contributed by atoms with Crippen molar-refractivity contribution in [3.8, 4) is 17.6 Å². The van der Waals surface area contributed by atoms with Gasteiger partial charge in [-0.3, -0.25) is 0 Å². The van der Waals surface area contributed by atoms with Crippen LogP contribution in [0, 0.1) is 11.3 Å². The number of rotatable bonds is 7. The first-order chi connectivity index (χ1) is 11.6. The number of aliphatic carboxylic acids is 1. The lowest BCUT2D eigenvalue weighted by molar-refractivity contribution is -0.297. The van der Waals surface area contributed by atoms with Crippen LogP contribution in [-0.2, 0) is 11.4 Å². The number of ether oxygens (including phenoxy) is 2. The Morgan fingerprint density at radius 2 is 2.00 bits per heavy atom. The topological polar surface area (TPSA) is 82.4 Å². The van der Waals surface area contributed by atoms with E-state index in [1.54, 1.807) is 30.3 Å². The normalized spacial score (nSPS) is 10.3. The van der Waals surface area contributed by atoms with Gasteiger partial charge in [0, 0.05) is 5.56 Å². The Labute approximate surface area is 140 Å². The van der Waals surface area contributed by atoms with E-state index in [-0.39, 0.29) is 6.61 Å². The summed E-state index contributed by atoms with van der Waals surface area (Å²) in [6, 6.07) is 14.4. The monoisotopic (exact) mass is 322 g/mol. The van der Waals surface area contributed by atoms with Gasteiger partial charge in [-0.15, -0.1) is 0 Å². The molecule has 0 unspecified atom stereocenters. The summed E-state index contributed by atoms with van der Waals surface area (Å²) in [7, 11) is 0. The van der Waals surface area contributed by atoms with Crippen molar-refractivity contribution in [3.05, 3.63) is 65.2 Å². The van der Waals surface area contributed by atoms with Gasteiger partial charge in [0.15, 0.2) is 11.5 Å². The average molecular weight is 322 g/mol. The lowest BCUT2D eigenvalue weighted by atomic mass is 10.1. The van der Waals surface area contributed by atoms with Crippen molar-refractivity contribution in [1.29, 1.82) is 5.26 Å². The summed E-state index contributed by atoms with van der Waals surface area (Å²) in [5.41, 5.74) is 2.00. The lowest BCUT2D eigenvalue weighted by Crippen LogP contribution is -2.18. The number of hydrogen-bond acceptors (Lipinski definition) is 5. The molecule has 24 heavy (non-hydrogen) atoms. The molecular weight excluding hydrogens is 306 g/mol. The third-order valence-electron chi connectivity index (χ3n) is 3.20. The lowest BCUT2D eigenvalue weighted by Gasteiger charge is -2.13. The fraction of sp³-hybridized carbons (Fsp3) is 0.158. The number of nitrogens with zero attached hydrogens (tertiary/aromatic N) is 1. The van der Waals surface area contributed by atoms with Crippen molar-refractivity contribution in [1.82, 2.24) is 0 Å². The minimum absolute atomic E-state index is 0.234. The number of carbonyl (C=O) groups is 1. The van der Waals surface area contributed by atoms with E-state index in [9.17, 15) is 9.90 Å². The Balaban J connectivity index is 2.20. The van der Waals surface area contributed by atoms with Crippen molar-refractivity contribution >= 4 is 12.0 Å². The number of benzene rings is 2. The van der Waals surface area contributed by atoms with E-state index in [0.717, 1.165) is 11.6 Å². The minimum Gasteiger partial charge on any atom is -0.545 e. The predicted octanol–water partition coefficient (Wildman–Crippen LogP) is 2.30. The van der Waals surface area contributed by atoms with E-state index in [4.69, 9.17) is 14.7 Å². The van der Waals surface area contributed by atoms with Crippen LogP contribution < -0.4 is 14.6 Å². The van der Waals surface area contributed by atoms with Crippen LogP contribution in [-0.4, -0.2) is 12.6 Å². The van der Waals surface area contributed by atoms with Gasteiger partial charge < -0.3 is 19.4 Å². The summed E-state index contributed by atoms with van der Waals surface area (Å²) in [6.07, 6.45) is 2.38. The first kappa shape index (κ1) is 17.1. The van der Waals surface area contributed by atoms with Crippen LogP contribution in [0.4, 0.5) is 0 Å². The van der Waals surface area contributed by atoms with E-state index in [0.29, 0.717) is 29.2 Å². The van der Waals surface area contributed by atoms with Crippen LogP contribution in [0.3, 0.4) is 0 Å². The SMILES string of the molecule is CCOc1cc(C=CC(=O)[O-])ccc1OCc1ccccc1C#N. The van der Waals surface area contributed by atoms with Crippen LogP contribution in [0.15, 0.2) is 48.5 Å². The molecule has 122 valence electrons. The summed E-state index contributed by atoms with van der Waals surface area (Å²) < 4.78 is 11.3. The predicted molar refractivity (Wildman–Crippen MR) is 87.1 cm³/mol. The highest BCUT2D eigenvalue weighted by Crippen LogP contribution is 2.30. The van der Waals surface area contributed by atoms with E-state index >= 15 is 0 Å². The molecule has 0 aliphatic rings. The van der Waals surface area contributed by atoms with E-state index in [2.05, 4.69) is 6.07 Å². The third kappa shape index (κ3) is 4.62. The Morgan fingerprint density at radius 1 is 1.21 bits per heavy atom. The van der Waals surface area contributed by atoms with Crippen LogP contribution in [0.1, 0.15) is 23.6 Å². The molecule has 0 aliphatic carbocycles. The smallest absolute Gasteiger partial charge is 0.161 e. The van der Waals surface area contributed by atoms with E-state index in [1.165, 1.54) is 6.08 Å². The van der Waals surface area contributed by atoms with Crippen molar-refractivity contribution in [2.24, 2.45) is 0 Å². The van der Waals surface area contributed by atoms with Crippen molar-refractivity contribution < 1.29 is 19.4 Å². The second-order valence-electron chi connectivity index (χ2n) is 4.85. The largest absolute Gasteiger partial charge is 0.545 e. The number of carbonyl (C=O) groups excluding carboxylic acids is 1. The summed E-state index contributed by atoms with van der Waals surface area (Å²) >= 11 is 0. The molecule has 0 bridgehead atoms. The fourth-order valence-corrected chi connectivity index (χ4v) is 2.09. The van der Waals surface area contributed by atoms with Gasteiger partial charge in [-0.2, -0.15) is 5.26 Å². The third-order valence-corrected chi connectivity index (χ3v) is 3.20. The molecule has 0 aromatic heterocycles. The van der Waals surface area contributed by atoms with E-state index < -0.39 is 5.97 Å². The number of carboxylic acids is 1. The standard InChI is InChI=1S/C19H17NO4/c1-2-23-18-11-14(8-10-19(21)22)7-9-17(18)24-13-16-6-4-3-5-15(16)12-20/h3-11H,2,13H2,1H3,(H,21,22)/p-1. The molecule has 0 saturated carbocycles. The molecule has 2 rings (SSSR count). The maximum Gasteiger partial charge on any atom is 0.161 e. The van der Waals surface area contributed by atoms with Gasteiger partial charge in [0.2, 0.25) is 0 Å². The van der Waals surface area contributed by atoms with Gasteiger partial charge in [0.05, 0.1) is 24.2 Å². The molecule has 0 spiro atoms. The zero-order valence-electron chi connectivity index (χ0n) is 13.2. The molecule has 0 atom stereocenters. The second-order valence-corrected chi connectivity index (χ2v) is 4.85. The molecule has 2 aromatic rings. The Morgan fingerprint density at radius 3 is 2.71 bits per heavy atom. The van der Waals surface area contributed by atoms with Gasteiger partial charge in [0.25, 0.3) is 0 Å². The second kappa shape index (κ2) is 8.39. The van der Waals surface area contributed by atoms with Gasteiger partial charge in [-0.25, -0.2) is 0 Å². The highest BCUT2D eigenvalue weighted by atomic mass is 16.5. The molecule has 0 aliphatic heterocycles. The van der Waals surface area contributed by atoms with Crippen LogP contribution in [0.25, 0.3) is 6.08 Å². The molecule has 5 heteroatoms. The summed E-state index contributed by atoms with van der Waals surface area (Å²) in [4.78, 5) is 10.5. The Bertz CT molecular complexity index is 790. The molecule has 0 amide bonds. The maximum atomic E-state index is 10.5. The first-order valence-corrected chi connectivity index (χ1v) is 7.40. The van der Waals surface area contributed by atoms with Crippen molar-refractivity contribution in [2.75, 3.05) is 6.61 Å². The number of hydrogen-bond donors (Lipinski definition) is 0. The summed E-state index contributed by atoms with van der Waals surface area (Å²) in [5.74, 6) is -0.232. The molecular formula is C19H16NO4-. The Kier molecular flexibility index (Phi) is 5.98. The molecule has 2 aromatic carbocycles. The minimum atomic E-state index is -1.26. The zero-order chi connectivity index (χ0) is 17.4. The van der Waals surface area contributed by atoms with E-state index in [1.807, 2.05) is 19.1 Å². The van der Waals surface area contributed by atoms with Crippen LogP contribution in [0.2, 0.25) is 0 Å². The first-order valence-electron chi connectivity index (χ1n) is 7.40. The quantitative estimate of drug-likeness (QED) is 0.731. The zero-order valence-corrected chi connectivity index (χ0v) is 13.2. The molecule has 0 N–H and O–H groups in total. The Hall–Kier alpha value is -3.26. The number of nitriles is 1. The number of carboxylic acid groups (broad SMARTS) is 1. The van der Waals surface area contributed by atoms with Crippen LogP contribution >= 0.6 is 0 Å². The maximum absolute atomic E-state index is 10.5. The summed E-state index contributed by atoms with van der Waals surface area (Å²) in [5, 5.41) is 19.6. The van der Waals surface area contributed by atoms with Gasteiger partial charge >= 0.3 is 0 Å². The molecule has 5 nitrogen and oxygen atoms in total. The van der Waals surface area contributed by atoms with Crippen molar-refractivity contribution in [2.45, 2.75) is 13.5 Å². The van der Waals surface area contributed by atoms with Gasteiger partial charge in [0.1, 0.15) is 6.61 Å². The van der Waals surface area contributed by atoms with Crippen molar-refractivity contribution in [3.63, 3.8) is 0 Å².